The second kappa shape index (κ2) is 6.09. The molecule has 0 aliphatic carbocycles. The summed E-state index contributed by atoms with van der Waals surface area (Å²) in [6.07, 6.45) is 1.40. The van der Waals surface area contributed by atoms with Gasteiger partial charge in [-0.15, -0.1) is 0 Å². The monoisotopic (exact) mass is 355 g/mol. The van der Waals surface area contributed by atoms with Gasteiger partial charge in [0.15, 0.2) is 0 Å². The molecule has 0 aromatic heterocycles. The van der Waals surface area contributed by atoms with Crippen LogP contribution in [0.4, 0.5) is 0 Å². The Balaban J connectivity index is 2.11. The lowest BCUT2D eigenvalue weighted by molar-refractivity contribution is -0.127. The van der Waals surface area contributed by atoms with Crippen molar-refractivity contribution in [1.82, 2.24) is 4.90 Å². The SMILES string of the molecule is C=CC(=O)N1Cc2cc(Br)ccc2[C@H](c2ccccc2C)C1. The molecule has 0 saturated heterocycles. The maximum atomic E-state index is 12.1. The zero-order chi connectivity index (χ0) is 15.7. The third-order valence-corrected chi connectivity index (χ3v) is 4.79. The van der Waals surface area contributed by atoms with E-state index in [0.29, 0.717) is 13.1 Å². The van der Waals surface area contributed by atoms with Gasteiger partial charge in [0.2, 0.25) is 5.91 Å². The van der Waals surface area contributed by atoms with Crippen molar-refractivity contribution < 1.29 is 4.79 Å². The second-order valence-electron chi connectivity index (χ2n) is 5.68. The zero-order valence-electron chi connectivity index (χ0n) is 12.6. The molecule has 3 rings (SSSR count). The van der Waals surface area contributed by atoms with Gasteiger partial charge < -0.3 is 4.90 Å². The highest BCUT2D eigenvalue weighted by Crippen LogP contribution is 2.36. The molecule has 2 aromatic rings. The van der Waals surface area contributed by atoms with E-state index in [2.05, 4.69) is 71.9 Å². The van der Waals surface area contributed by atoms with Crippen molar-refractivity contribution in [1.29, 1.82) is 0 Å². The van der Waals surface area contributed by atoms with Gasteiger partial charge in [-0.3, -0.25) is 4.79 Å². The van der Waals surface area contributed by atoms with Crippen molar-refractivity contribution in [2.75, 3.05) is 6.54 Å². The van der Waals surface area contributed by atoms with E-state index in [-0.39, 0.29) is 11.8 Å². The topological polar surface area (TPSA) is 20.3 Å². The largest absolute Gasteiger partial charge is 0.334 e. The van der Waals surface area contributed by atoms with Crippen LogP contribution >= 0.6 is 15.9 Å². The lowest BCUT2D eigenvalue weighted by atomic mass is 9.83. The summed E-state index contributed by atoms with van der Waals surface area (Å²) in [5.74, 6) is 0.200. The number of nitrogens with zero attached hydrogens (tertiary/aromatic N) is 1. The quantitative estimate of drug-likeness (QED) is 0.730. The van der Waals surface area contributed by atoms with E-state index < -0.39 is 0 Å². The molecule has 1 heterocycles. The van der Waals surface area contributed by atoms with E-state index in [1.54, 1.807) is 0 Å². The van der Waals surface area contributed by atoms with Crippen LogP contribution < -0.4 is 0 Å². The first-order valence-corrected chi connectivity index (χ1v) is 8.14. The van der Waals surface area contributed by atoms with E-state index in [0.717, 1.165) is 4.47 Å². The molecule has 0 bridgehead atoms. The Morgan fingerprint density at radius 2 is 2.05 bits per heavy atom. The number of benzene rings is 2. The first kappa shape index (κ1) is 15.0. The highest BCUT2D eigenvalue weighted by Gasteiger charge is 2.29. The fourth-order valence-electron chi connectivity index (χ4n) is 3.18. The van der Waals surface area contributed by atoms with Crippen molar-refractivity contribution in [2.24, 2.45) is 0 Å². The molecule has 22 heavy (non-hydrogen) atoms. The number of fused-ring (bicyclic) bond motifs is 1. The van der Waals surface area contributed by atoms with Crippen molar-refractivity contribution in [3.8, 4) is 0 Å². The van der Waals surface area contributed by atoms with Gasteiger partial charge >= 0.3 is 0 Å². The molecule has 0 spiro atoms. The van der Waals surface area contributed by atoms with Crippen LogP contribution in [0.25, 0.3) is 0 Å². The molecule has 1 amide bonds. The standard InChI is InChI=1S/C19H18BrNO/c1-3-19(22)21-11-14-10-15(20)8-9-17(14)18(12-21)16-7-5-4-6-13(16)2/h3-10,18H,1,11-12H2,2H3/t18-/m0/s1. The van der Waals surface area contributed by atoms with E-state index >= 15 is 0 Å². The lowest BCUT2D eigenvalue weighted by Gasteiger charge is -2.35. The van der Waals surface area contributed by atoms with E-state index in [1.807, 2.05) is 4.90 Å². The number of aryl methyl sites for hydroxylation is 1. The highest BCUT2D eigenvalue weighted by molar-refractivity contribution is 9.10. The van der Waals surface area contributed by atoms with E-state index in [1.165, 1.54) is 28.3 Å². The average molecular weight is 356 g/mol. The Morgan fingerprint density at radius 3 is 2.77 bits per heavy atom. The van der Waals surface area contributed by atoms with Crippen molar-refractivity contribution >= 4 is 21.8 Å². The predicted octanol–water partition coefficient (Wildman–Crippen LogP) is 4.42. The van der Waals surface area contributed by atoms with Crippen molar-refractivity contribution in [2.45, 2.75) is 19.4 Å². The summed E-state index contributed by atoms with van der Waals surface area (Å²) in [4.78, 5) is 14.0. The molecule has 0 saturated carbocycles. The third kappa shape index (κ3) is 2.73. The molecule has 0 fully saturated rings. The van der Waals surface area contributed by atoms with Gasteiger partial charge in [-0.25, -0.2) is 0 Å². The first-order chi connectivity index (χ1) is 10.6. The van der Waals surface area contributed by atoms with Crippen LogP contribution in [0.1, 0.15) is 28.2 Å². The van der Waals surface area contributed by atoms with Crippen molar-refractivity contribution in [3.63, 3.8) is 0 Å². The molecule has 2 nitrogen and oxygen atoms in total. The van der Waals surface area contributed by atoms with E-state index in [9.17, 15) is 4.79 Å². The van der Waals surface area contributed by atoms with Gasteiger partial charge in [-0.05, 0) is 47.4 Å². The minimum absolute atomic E-state index is 0.00999. The minimum atomic E-state index is -0.00999. The Hall–Kier alpha value is -1.87. The Kier molecular flexibility index (Phi) is 4.16. The number of hydrogen-bond acceptors (Lipinski definition) is 1. The molecular weight excluding hydrogens is 338 g/mol. The summed E-state index contributed by atoms with van der Waals surface area (Å²) in [6, 6.07) is 14.8. The number of halogens is 1. The van der Waals surface area contributed by atoms with Crippen LogP contribution in [-0.2, 0) is 11.3 Å². The molecule has 0 radical (unpaired) electrons. The second-order valence-corrected chi connectivity index (χ2v) is 6.59. The maximum Gasteiger partial charge on any atom is 0.246 e. The Labute approximate surface area is 139 Å². The van der Waals surface area contributed by atoms with Gasteiger partial charge in [-0.1, -0.05) is 52.8 Å². The molecule has 0 unspecified atom stereocenters. The predicted molar refractivity (Wildman–Crippen MR) is 92.8 cm³/mol. The molecule has 1 aliphatic rings. The van der Waals surface area contributed by atoms with Gasteiger partial charge in [-0.2, -0.15) is 0 Å². The van der Waals surface area contributed by atoms with Crippen LogP contribution in [0, 0.1) is 6.92 Å². The number of amides is 1. The zero-order valence-corrected chi connectivity index (χ0v) is 14.1. The summed E-state index contributed by atoms with van der Waals surface area (Å²) in [5.41, 5.74) is 5.05. The number of carbonyl (C=O) groups is 1. The Bertz CT molecular complexity index is 738. The maximum absolute atomic E-state index is 12.1. The summed E-state index contributed by atoms with van der Waals surface area (Å²) < 4.78 is 1.04. The first-order valence-electron chi connectivity index (χ1n) is 7.35. The van der Waals surface area contributed by atoms with Gasteiger partial charge in [0.25, 0.3) is 0 Å². The van der Waals surface area contributed by atoms with Crippen LogP contribution in [0.15, 0.2) is 59.6 Å². The fourth-order valence-corrected chi connectivity index (χ4v) is 3.59. The molecule has 0 N–H and O–H groups in total. The molecule has 112 valence electrons. The smallest absolute Gasteiger partial charge is 0.246 e. The van der Waals surface area contributed by atoms with Crippen LogP contribution in [0.2, 0.25) is 0 Å². The van der Waals surface area contributed by atoms with Gasteiger partial charge in [0.05, 0.1) is 0 Å². The van der Waals surface area contributed by atoms with Crippen LogP contribution in [0.3, 0.4) is 0 Å². The summed E-state index contributed by atoms with van der Waals surface area (Å²) in [6.45, 7) is 7.09. The number of carbonyl (C=O) groups excluding carboxylic acids is 1. The average Bonchev–Trinajstić information content (AvgIpc) is 2.53. The summed E-state index contributed by atoms with van der Waals surface area (Å²) in [7, 11) is 0. The summed E-state index contributed by atoms with van der Waals surface area (Å²) >= 11 is 3.53. The van der Waals surface area contributed by atoms with E-state index in [4.69, 9.17) is 0 Å². The normalized spacial score (nSPS) is 17.0. The summed E-state index contributed by atoms with van der Waals surface area (Å²) in [5, 5.41) is 0. The third-order valence-electron chi connectivity index (χ3n) is 4.29. The minimum Gasteiger partial charge on any atom is -0.334 e. The Morgan fingerprint density at radius 1 is 1.27 bits per heavy atom. The fraction of sp³-hybridized carbons (Fsp3) is 0.211. The molecular formula is C19H18BrNO. The molecule has 1 atom stereocenters. The molecule has 3 heteroatoms. The lowest BCUT2D eigenvalue weighted by Crippen LogP contribution is -2.37. The van der Waals surface area contributed by atoms with Gasteiger partial charge in [0.1, 0.15) is 0 Å². The van der Waals surface area contributed by atoms with Gasteiger partial charge in [0, 0.05) is 23.5 Å². The van der Waals surface area contributed by atoms with Crippen LogP contribution in [-0.4, -0.2) is 17.4 Å². The van der Waals surface area contributed by atoms with Crippen LogP contribution in [0.5, 0.6) is 0 Å². The number of hydrogen-bond donors (Lipinski definition) is 0. The number of rotatable bonds is 2. The molecule has 1 aliphatic heterocycles. The highest BCUT2D eigenvalue weighted by atomic mass is 79.9. The molecule has 2 aromatic carbocycles. The van der Waals surface area contributed by atoms with Crippen molar-refractivity contribution in [3.05, 3.63) is 81.8 Å².